The molecule has 2 heterocycles. The fourth-order valence-electron chi connectivity index (χ4n) is 7.10. The smallest absolute Gasteiger partial charge is 0.235 e. The number of nitrogens with zero attached hydrogens (tertiary/aromatic N) is 1. The summed E-state index contributed by atoms with van der Waals surface area (Å²) in [6.45, 7) is 4.00. The largest absolute Gasteiger partial charge is 0.289 e. The first-order chi connectivity index (χ1) is 23.2. The Balaban J connectivity index is 0.00000159. The molecule has 47 heavy (non-hydrogen) atoms. The second-order valence-corrected chi connectivity index (χ2v) is 14.2. The third kappa shape index (κ3) is 4.60. The predicted molar refractivity (Wildman–Crippen MR) is 200 cm³/mol. The lowest BCUT2D eigenvalue weighted by molar-refractivity contribution is 0.586. The van der Waals surface area contributed by atoms with Gasteiger partial charge in [-0.15, -0.1) is 0 Å². The van der Waals surface area contributed by atoms with E-state index in [1.807, 2.05) is 38.1 Å². The van der Waals surface area contributed by atoms with Crippen LogP contribution in [0.15, 0.2) is 170 Å². The van der Waals surface area contributed by atoms with Crippen molar-refractivity contribution < 1.29 is 4.57 Å². The lowest BCUT2D eigenvalue weighted by Gasteiger charge is -2.44. The summed E-state index contributed by atoms with van der Waals surface area (Å²) in [5.41, 5.74) is 13.2. The van der Waals surface area contributed by atoms with Crippen molar-refractivity contribution in [1.82, 2.24) is 0 Å². The molecule has 2 nitrogen and oxygen atoms in total. The number of rotatable bonds is 3. The minimum absolute atomic E-state index is 0.889. The molecule has 0 aliphatic carbocycles. The van der Waals surface area contributed by atoms with Gasteiger partial charge in [-0.2, -0.15) is 0 Å². The maximum absolute atomic E-state index is 15.7. The molecule has 3 heteroatoms. The average Bonchev–Trinajstić information content (AvgIpc) is 3.16. The molecule has 7 aromatic rings. The Morgan fingerprint density at radius 1 is 0.362 bits per heavy atom. The van der Waals surface area contributed by atoms with Crippen LogP contribution in [0.5, 0.6) is 0 Å². The molecule has 2 aliphatic heterocycles. The van der Waals surface area contributed by atoms with E-state index >= 15 is 4.57 Å². The summed E-state index contributed by atoms with van der Waals surface area (Å²) in [6.07, 6.45) is 0. The van der Waals surface area contributed by atoms with Gasteiger partial charge in [-0.05, 0) is 93.0 Å². The van der Waals surface area contributed by atoms with Gasteiger partial charge in [-0.3, -0.25) is 9.24 Å². The SMILES string of the molecule is CC.O=P12c3ccccc3-c3ccccc3N1c1ccc(-c3cc(-c4ccccc4)cc(-c4ccccc4)c3)cc1-c1ccccc12. The van der Waals surface area contributed by atoms with Crippen LogP contribution < -0.4 is 15.3 Å². The Morgan fingerprint density at radius 3 is 1.36 bits per heavy atom. The highest BCUT2D eigenvalue weighted by molar-refractivity contribution is 7.81. The number of para-hydroxylation sites is 1. The molecule has 0 amide bonds. The molecule has 0 saturated carbocycles. The molecule has 0 N–H and O–H groups in total. The van der Waals surface area contributed by atoms with Crippen LogP contribution in [0.4, 0.5) is 11.4 Å². The summed E-state index contributed by atoms with van der Waals surface area (Å²) in [5.74, 6) is 0. The van der Waals surface area contributed by atoms with E-state index in [-0.39, 0.29) is 0 Å². The summed E-state index contributed by atoms with van der Waals surface area (Å²) in [7, 11) is -3.21. The van der Waals surface area contributed by atoms with Crippen LogP contribution in [0, 0.1) is 0 Å². The van der Waals surface area contributed by atoms with Gasteiger partial charge in [0.05, 0.1) is 11.4 Å². The quantitative estimate of drug-likeness (QED) is 0.183. The first-order valence-corrected chi connectivity index (χ1v) is 18.0. The van der Waals surface area contributed by atoms with Gasteiger partial charge in [0, 0.05) is 21.7 Å². The minimum Gasteiger partial charge on any atom is -0.289 e. The van der Waals surface area contributed by atoms with Gasteiger partial charge >= 0.3 is 0 Å². The van der Waals surface area contributed by atoms with E-state index in [1.165, 1.54) is 22.3 Å². The Morgan fingerprint density at radius 2 is 0.787 bits per heavy atom. The molecule has 0 bridgehead atoms. The van der Waals surface area contributed by atoms with Gasteiger partial charge in [0.15, 0.2) is 0 Å². The van der Waals surface area contributed by atoms with E-state index in [0.717, 1.165) is 55.4 Å². The fraction of sp³-hybridized carbons (Fsp3) is 0.0455. The van der Waals surface area contributed by atoms with Crippen LogP contribution in [0.1, 0.15) is 13.8 Å². The summed E-state index contributed by atoms with van der Waals surface area (Å²) in [4.78, 5) is 0. The van der Waals surface area contributed by atoms with E-state index in [4.69, 9.17) is 0 Å². The standard InChI is InChI=1S/C42H28NOP.C2H6/c44-45-41-21-11-8-18-36(41)35-17-7-10-20-39(35)43(45)40-24-23-31(28-38(40)37-19-9-12-22-42(37)45)34-26-32(29-13-3-1-4-14-29)25-33(27-34)30-15-5-2-6-16-30;1-2/h1-28H;1-2H3. The molecule has 0 aromatic heterocycles. The molecule has 226 valence electrons. The topological polar surface area (TPSA) is 20.3 Å². The summed E-state index contributed by atoms with van der Waals surface area (Å²) < 4.78 is 17.8. The van der Waals surface area contributed by atoms with Gasteiger partial charge in [0.25, 0.3) is 0 Å². The van der Waals surface area contributed by atoms with Gasteiger partial charge in [-0.25, -0.2) is 0 Å². The lowest BCUT2D eigenvalue weighted by atomic mass is 9.91. The zero-order chi connectivity index (χ0) is 32.0. The van der Waals surface area contributed by atoms with Crippen molar-refractivity contribution in [3.05, 3.63) is 170 Å². The highest BCUT2D eigenvalue weighted by Gasteiger charge is 2.47. The van der Waals surface area contributed by atoms with Crippen LogP contribution in [0.3, 0.4) is 0 Å². The molecule has 9 rings (SSSR count). The first kappa shape index (κ1) is 29.0. The second kappa shape index (κ2) is 11.7. The molecule has 0 fully saturated rings. The lowest BCUT2D eigenvalue weighted by Crippen LogP contribution is -2.37. The molecular formula is C44H34NOP. The molecule has 0 radical (unpaired) electrons. The van der Waals surface area contributed by atoms with Crippen LogP contribution in [-0.4, -0.2) is 0 Å². The van der Waals surface area contributed by atoms with Crippen molar-refractivity contribution >= 4 is 29.3 Å². The number of anilines is 2. The Kier molecular flexibility index (Phi) is 7.24. The van der Waals surface area contributed by atoms with E-state index in [0.29, 0.717) is 0 Å². The van der Waals surface area contributed by atoms with Crippen molar-refractivity contribution in [2.75, 3.05) is 4.67 Å². The van der Waals surface area contributed by atoms with E-state index < -0.39 is 7.29 Å². The van der Waals surface area contributed by atoms with Gasteiger partial charge in [0.2, 0.25) is 7.29 Å². The third-order valence-electron chi connectivity index (χ3n) is 9.16. The molecule has 0 spiro atoms. The Hall–Kier alpha value is -5.43. The second-order valence-electron chi connectivity index (χ2n) is 11.7. The molecule has 1 unspecified atom stereocenters. The molecular weight excluding hydrogens is 589 g/mol. The van der Waals surface area contributed by atoms with E-state index in [9.17, 15) is 0 Å². The summed E-state index contributed by atoms with van der Waals surface area (Å²) in [5, 5.41) is 1.79. The summed E-state index contributed by atoms with van der Waals surface area (Å²) in [6, 6.07) is 59.5. The van der Waals surface area contributed by atoms with Gasteiger partial charge in [-0.1, -0.05) is 135 Å². The van der Waals surface area contributed by atoms with Crippen molar-refractivity contribution in [3.8, 4) is 55.6 Å². The van der Waals surface area contributed by atoms with Crippen molar-refractivity contribution in [2.24, 2.45) is 0 Å². The maximum atomic E-state index is 15.7. The van der Waals surface area contributed by atoms with Crippen LogP contribution in [0.2, 0.25) is 0 Å². The highest BCUT2D eigenvalue weighted by atomic mass is 31.2. The zero-order valence-electron chi connectivity index (χ0n) is 26.5. The first-order valence-electron chi connectivity index (χ1n) is 16.3. The van der Waals surface area contributed by atoms with Crippen LogP contribution >= 0.6 is 7.29 Å². The van der Waals surface area contributed by atoms with Crippen LogP contribution in [0.25, 0.3) is 55.6 Å². The van der Waals surface area contributed by atoms with Gasteiger partial charge in [0.1, 0.15) is 0 Å². The Bertz CT molecular complexity index is 2250. The van der Waals surface area contributed by atoms with Crippen molar-refractivity contribution in [3.63, 3.8) is 0 Å². The Labute approximate surface area is 277 Å². The minimum atomic E-state index is -3.21. The number of fused-ring (bicyclic) bond motifs is 11. The number of hydrogen-bond acceptors (Lipinski definition) is 1. The summed E-state index contributed by atoms with van der Waals surface area (Å²) >= 11 is 0. The number of benzene rings is 7. The van der Waals surface area contributed by atoms with E-state index in [1.54, 1.807) is 0 Å². The normalized spacial score (nSPS) is 15.1. The molecule has 1 atom stereocenters. The molecule has 2 aliphatic rings. The zero-order valence-corrected chi connectivity index (χ0v) is 27.4. The third-order valence-corrected chi connectivity index (χ3v) is 12.2. The molecule has 0 saturated heterocycles. The average molecular weight is 624 g/mol. The monoisotopic (exact) mass is 623 g/mol. The van der Waals surface area contributed by atoms with Gasteiger partial charge < -0.3 is 0 Å². The maximum Gasteiger partial charge on any atom is 0.235 e. The van der Waals surface area contributed by atoms with Crippen molar-refractivity contribution in [2.45, 2.75) is 13.8 Å². The van der Waals surface area contributed by atoms with Crippen LogP contribution in [-0.2, 0) is 4.57 Å². The highest BCUT2D eigenvalue weighted by Crippen LogP contribution is 2.65. The van der Waals surface area contributed by atoms with Crippen molar-refractivity contribution in [1.29, 1.82) is 0 Å². The fourth-order valence-corrected chi connectivity index (χ4v) is 10.4. The predicted octanol–water partition coefficient (Wildman–Crippen LogP) is 11.7. The van der Waals surface area contributed by atoms with E-state index in [2.05, 4.69) is 150 Å². The molecule has 7 aromatic carbocycles. The number of hydrogen-bond donors (Lipinski definition) is 0.